The summed E-state index contributed by atoms with van der Waals surface area (Å²) in [6.45, 7) is 3.19. The number of carbonyl (C=O) groups excluding carboxylic acids is 1. The average Bonchev–Trinajstić information content (AvgIpc) is 2.60. The van der Waals surface area contributed by atoms with Gasteiger partial charge in [-0.25, -0.2) is 4.39 Å². The highest BCUT2D eigenvalue weighted by Crippen LogP contribution is 2.25. The zero-order valence-electron chi connectivity index (χ0n) is 13.6. The van der Waals surface area contributed by atoms with Gasteiger partial charge in [-0.05, 0) is 30.7 Å². The van der Waals surface area contributed by atoms with Crippen molar-refractivity contribution < 1.29 is 13.9 Å². The Morgan fingerprint density at radius 2 is 2.00 bits per heavy atom. The van der Waals surface area contributed by atoms with E-state index in [1.807, 2.05) is 37.3 Å². The molecule has 0 spiro atoms. The molecular formula is C19H21FN2O2. The molecule has 4 nitrogen and oxygen atoms in total. The van der Waals surface area contributed by atoms with Crippen LogP contribution in [0.25, 0.3) is 0 Å². The molecule has 2 aromatic carbocycles. The molecule has 1 aliphatic heterocycles. The van der Waals surface area contributed by atoms with Crippen molar-refractivity contribution >= 4 is 11.6 Å². The lowest BCUT2D eigenvalue weighted by Gasteiger charge is -2.37. The Bertz CT molecular complexity index is 693. The summed E-state index contributed by atoms with van der Waals surface area (Å²) in [5.41, 5.74) is 1.67. The van der Waals surface area contributed by atoms with Crippen molar-refractivity contribution in [2.75, 3.05) is 25.0 Å². The number of anilines is 1. The monoisotopic (exact) mass is 328 g/mol. The molecule has 24 heavy (non-hydrogen) atoms. The van der Waals surface area contributed by atoms with Crippen molar-refractivity contribution in [1.82, 2.24) is 4.90 Å². The fraction of sp³-hybridized carbons (Fsp3) is 0.316. The second-order valence-corrected chi connectivity index (χ2v) is 6.01. The van der Waals surface area contributed by atoms with Crippen LogP contribution < -0.4 is 5.32 Å². The number of nitrogens with one attached hydrogen (secondary N) is 1. The van der Waals surface area contributed by atoms with Gasteiger partial charge >= 0.3 is 0 Å². The summed E-state index contributed by atoms with van der Waals surface area (Å²) in [5.74, 6) is -0.341. The van der Waals surface area contributed by atoms with E-state index in [-0.39, 0.29) is 30.5 Å². The van der Waals surface area contributed by atoms with Gasteiger partial charge < -0.3 is 15.0 Å². The van der Waals surface area contributed by atoms with Crippen LogP contribution in [0.5, 0.6) is 0 Å². The fourth-order valence-electron chi connectivity index (χ4n) is 2.89. The van der Waals surface area contributed by atoms with Crippen LogP contribution in [0.2, 0.25) is 0 Å². The van der Waals surface area contributed by atoms with E-state index in [1.165, 1.54) is 12.1 Å². The van der Waals surface area contributed by atoms with Crippen LogP contribution in [-0.4, -0.2) is 36.5 Å². The molecule has 2 unspecified atom stereocenters. The number of amides is 1. The van der Waals surface area contributed by atoms with Crippen LogP contribution in [0, 0.1) is 5.82 Å². The highest BCUT2D eigenvalue weighted by atomic mass is 19.1. The van der Waals surface area contributed by atoms with E-state index in [0.29, 0.717) is 18.8 Å². The molecule has 0 aliphatic carbocycles. The minimum absolute atomic E-state index is 0.0182. The number of rotatable bonds is 4. The number of nitrogens with zero attached hydrogens (tertiary/aromatic N) is 1. The molecule has 3 rings (SSSR count). The topological polar surface area (TPSA) is 41.6 Å². The number of hydrogen-bond acceptors (Lipinski definition) is 3. The van der Waals surface area contributed by atoms with Gasteiger partial charge in [0, 0.05) is 12.2 Å². The number of ether oxygens (including phenoxy) is 1. The van der Waals surface area contributed by atoms with Crippen LogP contribution in [0.15, 0.2) is 54.6 Å². The molecule has 126 valence electrons. The number of morpholine rings is 1. The van der Waals surface area contributed by atoms with E-state index < -0.39 is 0 Å². The summed E-state index contributed by atoms with van der Waals surface area (Å²) >= 11 is 0. The molecule has 0 radical (unpaired) electrons. The van der Waals surface area contributed by atoms with E-state index in [1.54, 1.807) is 17.0 Å². The second-order valence-electron chi connectivity index (χ2n) is 6.01. The molecule has 1 saturated heterocycles. The van der Waals surface area contributed by atoms with E-state index >= 15 is 0 Å². The first-order chi connectivity index (χ1) is 11.6. The van der Waals surface area contributed by atoms with Crippen LogP contribution in [0.3, 0.4) is 0 Å². The van der Waals surface area contributed by atoms with Gasteiger partial charge in [-0.2, -0.15) is 0 Å². The van der Waals surface area contributed by atoms with Crippen molar-refractivity contribution in [1.29, 1.82) is 0 Å². The van der Waals surface area contributed by atoms with Gasteiger partial charge in [-0.15, -0.1) is 0 Å². The molecule has 0 bridgehead atoms. The van der Waals surface area contributed by atoms with E-state index in [9.17, 15) is 9.18 Å². The Hall–Kier alpha value is -2.40. The van der Waals surface area contributed by atoms with Crippen molar-refractivity contribution in [3.05, 3.63) is 66.0 Å². The van der Waals surface area contributed by atoms with Crippen LogP contribution in [0.1, 0.15) is 18.6 Å². The van der Waals surface area contributed by atoms with Gasteiger partial charge in [0.1, 0.15) is 11.9 Å². The molecule has 2 atom stereocenters. The maximum Gasteiger partial charge on any atom is 0.242 e. The minimum atomic E-state index is -0.323. The number of carbonyl (C=O) groups is 1. The second kappa shape index (κ2) is 7.45. The molecule has 5 heteroatoms. The summed E-state index contributed by atoms with van der Waals surface area (Å²) in [5, 5.41) is 2.98. The van der Waals surface area contributed by atoms with Crippen molar-refractivity contribution in [2.24, 2.45) is 0 Å². The maximum atomic E-state index is 13.2. The average molecular weight is 328 g/mol. The standard InChI is InChI=1S/C19H21FN2O2/c1-14-12-22(13-18(24-14)15-6-3-2-4-7-15)19(23)11-21-17-9-5-8-16(20)10-17/h2-10,14,18,21H,11-13H2,1H3. The summed E-state index contributed by atoms with van der Waals surface area (Å²) in [6, 6.07) is 16.0. The lowest BCUT2D eigenvalue weighted by molar-refractivity contribution is -0.143. The molecular weight excluding hydrogens is 307 g/mol. The zero-order chi connectivity index (χ0) is 16.9. The molecule has 1 N–H and O–H groups in total. The summed E-state index contributed by atoms with van der Waals surface area (Å²) in [6.07, 6.45) is -0.143. The van der Waals surface area contributed by atoms with Crippen LogP contribution in [0.4, 0.5) is 10.1 Å². The number of benzene rings is 2. The van der Waals surface area contributed by atoms with Gasteiger partial charge in [0.05, 0.1) is 19.2 Å². The molecule has 1 fully saturated rings. The Balaban J connectivity index is 1.61. The highest BCUT2D eigenvalue weighted by molar-refractivity contribution is 5.81. The Kier molecular flexibility index (Phi) is 5.11. The van der Waals surface area contributed by atoms with Gasteiger partial charge in [0.25, 0.3) is 0 Å². The molecule has 1 amide bonds. The van der Waals surface area contributed by atoms with Gasteiger partial charge in [0.15, 0.2) is 0 Å². The van der Waals surface area contributed by atoms with E-state index in [4.69, 9.17) is 4.74 Å². The normalized spacial score (nSPS) is 20.7. The van der Waals surface area contributed by atoms with E-state index in [0.717, 1.165) is 5.56 Å². The molecule has 2 aromatic rings. The summed E-state index contributed by atoms with van der Waals surface area (Å²) < 4.78 is 19.2. The zero-order valence-corrected chi connectivity index (χ0v) is 13.6. The summed E-state index contributed by atoms with van der Waals surface area (Å²) in [7, 11) is 0. The molecule has 0 aromatic heterocycles. The number of halogens is 1. The van der Waals surface area contributed by atoms with Gasteiger partial charge in [0.2, 0.25) is 5.91 Å². The van der Waals surface area contributed by atoms with Crippen LogP contribution >= 0.6 is 0 Å². The van der Waals surface area contributed by atoms with Crippen molar-refractivity contribution in [3.63, 3.8) is 0 Å². The van der Waals surface area contributed by atoms with Crippen molar-refractivity contribution in [2.45, 2.75) is 19.1 Å². The first-order valence-corrected chi connectivity index (χ1v) is 8.09. The third-order valence-electron chi connectivity index (χ3n) is 4.05. The summed E-state index contributed by atoms with van der Waals surface area (Å²) in [4.78, 5) is 14.3. The SMILES string of the molecule is CC1CN(C(=O)CNc2cccc(F)c2)CC(c2ccccc2)O1. The fourth-order valence-corrected chi connectivity index (χ4v) is 2.89. The molecule has 1 aliphatic rings. The third kappa shape index (κ3) is 4.11. The predicted octanol–water partition coefficient (Wildman–Crippen LogP) is 3.23. The molecule has 1 heterocycles. The van der Waals surface area contributed by atoms with Gasteiger partial charge in [-0.1, -0.05) is 36.4 Å². The minimum Gasteiger partial charge on any atom is -0.376 e. The van der Waals surface area contributed by atoms with Crippen molar-refractivity contribution in [3.8, 4) is 0 Å². The Morgan fingerprint density at radius 3 is 2.75 bits per heavy atom. The lowest BCUT2D eigenvalue weighted by atomic mass is 10.1. The van der Waals surface area contributed by atoms with E-state index in [2.05, 4.69) is 5.32 Å². The maximum absolute atomic E-state index is 13.2. The Labute approximate surface area is 141 Å². The quantitative estimate of drug-likeness (QED) is 0.937. The lowest BCUT2D eigenvalue weighted by Crippen LogP contribution is -2.47. The largest absolute Gasteiger partial charge is 0.376 e. The van der Waals surface area contributed by atoms with Gasteiger partial charge in [-0.3, -0.25) is 4.79 Å². The smallest absolute Gasteiger partial charge is 0.242 e. The Morgan fingerprint density at radius 1 is 1.21 bits per heavy atom. The molecule has 0 saturated carbocycles. The predicted molar refractivity (Wildman–Crippen MR) is 91.2 cm³/mol. The number of hydrogen-bond donors (Lipinski definition) is 1. The first-order valence-electron chi connectivity index (χ1n) is 8.09. The third-order valence-corrected chi connectivity index (χ3v) is 4.05. The first kappa shape index (κ1) is 16.5. The van der Waals surface area contributed by atoms with Crippen LogP contribution in [-0.2, 0) is 9.53 Å². The highest BCUT2D eigenvalue weighted by Gasteiger charge is 2.29.